The predicted molar refractivity (Wildman–Crippen MR) is 95.7 cm³/mol. The number of thioether (sulfide) groups is 1. The number of benzene rings is 1. The van der Waals surface area contributed by atoms with E-state index in [-0.39, 0.29) is 0 Å². The molecule has 0 aromatic heterocycles. The summed E-state index contributed by atoms with van der Waals surface area (Å²) < 4.78 is 0. The minimum absolute atomic E-state index is 0.791. The maximum absolute atomic E-state index is 2.78. The van der Waals surface area contributed by atoms with Gasteiger partial charge in [0, 0.05) is 38.3 Å². The summed E-state index contributed by atoms with van der Waals surface area (Å²) in [6, 6.07) is 10.7. The molecule has 0 saturated carbocycles. The highest BCUT2D eigenvalue weighted by Crippen LogP contribution is 2.27. The quantitative estimate of drug-likeness (QED) is 0.828. The van der Waals surface area contributed by atoms with E-state index in [1.54, 1.807) is 11.1 Å². The second-order valence-corrected chi connectivity index (χ2v) is 8.31. The number of aryl methyl sites for hydroxylation is 1. The van der Waals surface area contributed by atoms with Crippen LogP contribution in [-0.4, -0.2) is 59.6 Å². The standard InChI is InChI=1S/C19H28N2S/c1-2-4-17-15-19(6-5-16(17)3-1)21-11-9-20(10-12-21)18-7-13-22-14-8-18/h1-4,18-19H,5-15H2. The van der Waals surface area contributed by atoms with Gasteiger partial charge in [-0.15, -0.1) is 0 Å². The van der Waals surface area contributed by atoms with Crippen molar-refractivity contribution in [2.45, 2.75) is 44.2 Å². The molecule has 1 unspecified atom stereocenters. The van der Waals surface area contributed by atoms with Crippen LogP contribution in [0.15, 0.2) is 24.3 Å². The third-order valence-corrected chi connectivity index (χ3v) is 6.94. The van der Waals surface area contributed by atoms with E-state index in [4.69, 9.17) is 0 Å². The fourth-order valence-corrected chi connectivity index (χ4v) is 5.59. The predicted octanol–water partition coefficient (Wildman–Crippen LogP) is 3.06. The van der Waals surface area contributed by atoms with Gasteiger partial charge in [0.1, 0.15) is 0 Å². The van der Waals surface area contributed by atoms with Crippen molar-refractivity contribution >= 4 is 11.8 Å². The summed E-state index contributed by atoms with van der Waals surface area (Å²) >= 11 is 2.14. The molecule has 0 amide bonds. The number of hydrogen-bond acceptors (Lipinski definition) is 3. The Labute approximate surface area is 139 Å². The van der Waals surface area contributed by atoms with Crippen LogP contribution in [0.5, 0.6) is 0 Å². The van der Waals surface area contributed by atoms with Gasteiger partial charge in [-0.1, -0.05) is 24.3 Å². The molecule has 0 radical (unpaired) electrons. The fourth-order valence-electron chi connectivity index (χ4n) is 4.51. The first-order valence-corrected chi connectivity index (χ1v) is 10.2. The van der Waals surface area contributed by atoms with Crippen LogP contribution in [0.4, 0.5) is 0 Å². The Bertz CT molecular complexity index is 490. The second kappa shape index (κ2) is 6.94. The molecule has 120 valence electrons. The van der Waals surface area contributed by atoms with Gasteiger partial charge in [-0.2, -0.15) is 11.8 Å². The van der Waals surface area contributed by atoms with Gasteiger partial charge in [0.15, 0.2) is 0 Å². The minimum atomic E-state index is 0.791. The molecule has 0 spiro atoms. The summed E-state index contributed by atoms with van der Waals surface area (Å²) in [5.74, 6) is 2.76. The van der Waals surface area contributed by atoms with E-state index < -0.39 is 0 Å². The molecule has 1 aliphatic carbocycles. The summed E-state index contributed by atoms with van der Waals surface area (Å²) in [5, 5.41) is 0. The monoisotopic (exact) mass is 316 g/mol. The molecule has 0 bridgehead atoms. The zero-order valence-corrected chi connectivity index (χ0v) is 14.4. The van der Waals surface area contributed by atoms with Crippen LogP contribution in [0.2, 0.25) is 0 Å². The number of hydrogen-bond donors (Lipinski definition) is 0. The van der Waals surface area contributed by atoms with Crippen molar-refractivity contribution in [3.63, 3.8) is 0 Å². The maximum Gasteiger partial charge on any atom is 0.0140 e. The second-order valence-electron chi connectivity index (χ2n) is 7.08. The van der Waals surface area contributed by atoms with E-state index in [0.29, 0.717) is 0 Å². The van der Waals surface area contributed by atoms with Gasteiger partial charge < -0.3 is 0 Å². The van der Waals surface area contributed by atoms with Crippen LogP contribution in [-0.2, 0) is 12.8 Å². The third-order valence-electron chi connectivity index (χ3n) is 5.89. The maximum atomic E-state index is 2.78. The number of nitrogens with zero attached hydrogens (tertiary/aromatic N) is 2. The Morgan fingerprint density at radius 2 is 1.41 bits per heavy atom. The molecule has 1 aromatic rings. The molecule has 0 N–H and O–H groups in total. The van der Waals surface area contributed by atoms with Crippen LogP contribution in [0, 0.1) is 0 Å². The highest BCUT2D eigenvalue weighted by molar-refractivity contribution is 7.99. The lowest BCUT2D eigenvalue weighted by atomic mass is 9.87. The molecule has 1 aromatic carbocycles. The minimum Gasteiger partial charge on any atom is -0.298 e. The lowest BCUT2D eigenvalue weighted by Gasteiger charge is -2.44. The summed E-state index contributed by atoms with van der Waals surface area (Å²) in [5.41, 5.74) is 3.20. The molecular formula is C19H28N2S. The van der Waals surface area contributed by atoms with E-state index in [1.165, 1.54) is 69.8 Å². The van der Waals surface area contributed by atoms with Crippen LogP contribution < -0.4 is 0 Å². The molecule has 2 nitrogen and oxygen atoms in total. The zero-order chi connectivity index (χ0) is 14.8. The zero-order valence-electron chi connectivity index (χ0n) is 13.5. The molecule has 2 fully saturated rings. The topological polar surface area (TPSA) is 6.48 Å². The van der Waals surface area contributed by atoms with Crippen molar-refractivity contribution in [1.29, 1.82) is 0 Å². The smallest absolute Gasteiger partial charge is 0.0140 e. The van der Waals surface area contributed by atoms with Gasteiger partial charge in [-0.05, 0) is 54.7 Å². The SMILES string of the molecule is c1ccc2c(c1)CCC(N1CCN(C3CCSCC3)CC1)C2. The molecule has 2 saturated heterocycles. The molecule has 3 aliphatic rings. The Morgan fingerprint density at radius 1 is 0.773 bits per heavy atom. The third kappa shape index (κ3) is 3.22. The van der Waals surface area contributed by atoms with Crippen LogP contribution in [0.25, 0.3) is 0 Å². The fraction of sp³-hybridized carbons (Fsp3) is 0.684. The van der Waals surface area contributed by atoms with E-state index in [0.717, 1.165) is 12.1 Å². The lowest BCUT2D eigenvalue weighted by Crippen LogP contribution is -2.54. The molecule has 22 heavy (non-hydrogen) atoms. The van der Waals surface area contributed by atoms with Gasteiger partial charge in [-0.3, -0.25) is 9.80 Å². The number of fused-ring (bicyclic) bond motifs is 1. The van der Waals surface area contributed by atoms with E-state index in [9.17, 15) is 0 Å². The summed E-state index contributed by atoms with van der Waals surface area (Å²) in [6.45, 7) is 5.17. The molecule has 3 heteroatoms. The van der Waals surface area contributed by atoms with Crippen molar-refractivity contribution in [1.82, 2.24) is 9.80 Å². The molecule has 4 rings (SSSR count). The van der Waals surface area contributed by atoms with E-state index >= 15 is 0 Å². The van der Waals surface area contributed by atoms with Gasteiger partial charge >= 0.3 is 0 Å². The highest BCUT2D eigenvalue weighted by Gasteiger charge is 2.30. The Balaban J connectivity index is 1.32. The Morgan fingerprint density at radius 3 is 2.14 bits per heavy atom. The first-order chi connectivity index (χ1) is 10.9. The van der Waals surface area contributed by atoms with Crippen molar-refractivity contribution in [2.75, 3.05) is 37.7 Å². The van der Waals surface area contributed by atoms with Gasteiger partial charge in [0.2, 0.25) is 0 Å². The Kier molecular flexibility index (Phi) is 4.75. The Hall–Kier alpha value is -0.510. The summed E-state index contributed by atoms with van der Waals surface area (Å²) in [6.07, 6.45) is 6.75. The average molecular weight is 317 g/mol. The normalized spacial score (nSPS) is 28.5. The highest BCUT2D eigenvalue weighted by atomic mass is 32.2. The summed E-state index contributed by atoms with van der Waals surface area (Å²) in [7, 11) is 0. The van der Waals surface area contributed by atoms with Crippen LogP contribution in [0.3, 0.4) is 0 Å². The average Bonchev–Trinajstić information content (AvgIpc) is 2.62. The van der Waals surface area contributed by atoms with Gasteiger partial charge in [-0.25, -0.2) is 0 Å². The first kappa shape index (κ1) is 15.0. The molecule has 2 heterocycles. The van der Waals surface area contributed by atoms with Gasteiger partial charge in [0.25, 0.3) is 0 Å². The van der Waals surface area contributed by atoms with Crippen LogP contribution in [0.1, 0.15) is 30.4 Å². The van der Waals surface area contributed by atoms with Crippen molar-refractivity contribution < 1.29 is 0 Å². The van der Waals surface area contributed by atoms with E-state index in [2.05, 4.69) is 45.8 Å². The number of piperazine rings is 1. The largest absolute Gasteiger partial charge is 0.298 e. The van der Waals surface area contributed by atoms with Crippen molar-refractivity contribution in [3.05, 3.63) is 35.4 Å². The molecule has 1 atom stereocenters. The van der Waals surface area contributed by atoms with Crippen molar-refractivity contribution in [2.24, 2.45) is 0 Å². The first-order valence-electron chi connectivity index (χ1n) is 9.03. The lowest BCUT2D eigenvalue weighted by molar-refractivity contribution is 0.0616. The summed E-state index contributed by atoms with van der Waals surface area (Å²) in [4.78, 5) is 5.57. The van der Waals surface area contributed by atoms with Crippen LogP contribution >= 0.6 is 11.8 Å². The van der Waals surface area contributed by atoms with E-state index in [1.807, 2.05) is 0 Å². The van der Waals surface area contributed by atoms with Gasteiger partial charge in [0.05, 0.1) is 0 Å². The molecular weight excluding hydrogens is 288 g/mol. The number of rotatable bonds is 2. The van der Waals surface area contributed by atoms with Crippen molar-refractivity contribution in [3.8, 4) is 0 Å². The molecule has 2 aliphatic heterocycles.